The highest BCUT2D eigenvalue weighted by atomic mass is 14.9. The molecule has 0 spiro atoms. The summed E-state index contributed by atoms with van der Waals surface area (Å²) < 4.78 is 0. The Bertz CT molecular complexity index is 140. The molecule has 0 unspecified atom stereocenters. The fourth-order valence-electron chi connectivity index (χ4n) is 0.724. The van der Waals surface area contributed by atoms with Crippen LogP contribution in [0.25, 0.3) is 0 Å². The van der Waals surface area contributed by atoms with Gasteiger partial charge in [0.05, 0.1) is 0 Å². The number of aliphatic imine (C=N–C) groups is 1. The highest BCUT2D eigenvalue weighted by molar-refractivity contribution is 5.27. The van der Waals surface area contributed by atoms with Gasteiger partial charge < -0.3 is 5.32 Å². The van der Waals surface area contributed by atoms with Crippen molar-refractivity contribution in [3.05, 3.63) is 11.9 Å². The van der Waals surface area contributed by atoms with Crippen LogP contribution < -0.4 is 5.32 Å². The Morgan fingerprint density at radius 2 is 2.00 bits per heavy atom. The summed E-state index contributed by atoms with van der Waals surface area (Å²) in [5, 5.41) is 3.07. The molecule has 0 aromatic carbocycles. The summed E-state index contributed by atoms with van der Waals surface area (Å²) in [6.45, 7) is 9.77. The van der Waals surface area contributed by atoms with Crippen molar-refractivity contribution >= 4 is 6.72 Å². The van der Waals surface area contributed by atoms with Gasteiger partial charge in [0.15, 0.2) is 0 Å². The second-order valence-electron chi connectivity index (χ2n) is 3.23. The number of hydrogen-bond donors (Lipinski definition) is 1. The molecule has 0 atom stereocenters. The van der Waals surface area contributed by atoms with Crippen LogP contribution in [0.4, 0.5) is 0 Å². The molecule has 0 aliphatic rings. The maximum absolute atomic E-state index is 3.70. The van der Waals surface area contributed by atoms with Crippen LogP contribution in [0.2, 0.25) is 0 Å². The Morgan fingerprint density at radius 3 is 2.10 bits per heavy atom. The van der Waals surface area contributed by atoms with E-state index in [0.29, 0.717) is 0 Å². The standard InChI is InChI=1S/C8H16N2/c1-8(2,3)7(10-5)6-9-4/h6,10H,4H2,1-3,5H3/b7-6-. The lowest BCUT2D eigenvalue weighted by atomic mass is 9.92. The fourth-order valence-corrected chi connectivity index (χ4v) is 0.724. The SMILES string of the molecule is C=N/C=C(\NC)C(C)(C)C. The van der Waals surface area contributed by atoms with E-state index in [1.165, 1.54) is 0 Å². The van der Waals surface area contributed by atoms with Crippen molar-refractivity contribution in [3.8, 4) is 0 Å². The molecule has 2 heteroatoms. The fraction of sp³-hybridized carbons (Fsp3) is 0.625. The molecule has 0 saturated carbocycles. The van der Waals surface area contributed by atoms with Gasteiger partial charge in [-0.25, -0.2) is 0 Å². The van der Waals surface area contributed by atoms with Crippen LogP contribution in [0.5, 0.6) is 0 Å². The van der Waals surface area contributed by atoms with Crippen LogP contribution in [-0.4, -0.2) is 13.8 Å². The van der Waals surface area contributed by atoms with Gasteiger partial charge in [0, 0.05) is 24.4 Å². The maximum Gasteiger partial charge on any atom is 0.0455 e. The van der Waals surface area contributed by atoms with Gasteiger partial charge >= 0.3 is 0 Å². The van der Waals surface area contributed by atoms with E-state index in [-0.39, 0.29) is 5.41 Å². The van der Waals surface area contributed by atoms with Crippen molar-refractivity contribution in [2.45, 2.75) is 20.8 Å². The zero-order valence-electron chi connectivity index (χ0n) is 7.23. The smallest absolute Gasteiger partial charge is 0.0455 e. The molecule has 10 heavy (non-hydrogen) atoms. The summed E-state index contributed by atoms with van der Waals surface area (Å²) in [7, 11) is 1.89. The number of nitrogens with one attached hydrogen (secondary N) is 1. The van der Waals surface area contributed by atoms with Gasteiger partial charge in [-0.1, -0.05) is 20.8 Å². The first-order valence-electron chi connectivity index (χ1n) is 3.36. The van der Waals surface area contributed by atoms with Gasteiger partial charge in [-0.05, 0) is 6.72 Å². The van der Waals surface area contributed by atoms with Crippen molar-refractivity contribution in [3.63, 3.8) is 0 Å². The molecular weight excluding hydrogens is 124 g/mol. The van der Waals surface area contributed by atoms with Gasteiger partial charge in [-0.3, -0.25) is 4.99 Å². The van der Waals surface area contributed by atoms with Crippen molar-refractivity contribution in [2.24, 2.45) is 10.4 Å². The topological polar surface area (TPSA) is 24.4 Å². The molecule has 1 N–H and O–H groups in total. The van der Waals surface area contributed by atoms with Crippen molar-refractivity contribution in [1.82, 2.24) is 5.32 Å². The monoisotopic (exact) mass is 140 g/mol. The largest absolute Gasteiger partial charge is 0.390 e. The average Bonchev–Trinajstić information content (AvgIpc) is 1.80. The first-order valence-corrected chi connectivity index (χ1v) is 3.36. The van der Waals surface area contributed by atoms with Crippen LogP contribution in [0.15, 0.2) is 16.9 Å². The third-order valence-corrected chi connectivity index (χ3v) is 1.30. The molecule has 0 aliphatic heterocycles. The van der Waals surface area contributed by atoms with Gasteiger partial charge in [0.1, 0.15) is 0 Å². The van der Waals surface area contributed by atoms with E-state index >= 15 is 0 Å². The second kappa shape index (κ2) is 3.40. The lowest BCUT2D eigenvalue weighted by Crippen LogP contribution is -2.20. The lowest BCUT2D eigenvalue weighted by molar-refractivity contribution is 0.471. The summed E-state index contributed by atoms with van der Waals surface area (Å²) in [4.78, 5) is 3.70. The minimum atomic E-state index is 0.135. The average molecular weight is 140 g/mol. The van der Waals surface area contributed by atoms with Crippen LogP contribution in [0.1, 0.15) is 20.8 Å². The van der Waals surface area contributed by atoms with Gasteiger partial charge in [-0.15, -0.1) is 0 Å². The van der Waals surface area contributed by atoms with Crippen molar-refractivity contribution in [1.29, 1.82) is 0 Å². The zero-order valence-corrected chi connectivity index (χ0v) is 7.23. The summed E-state index contributed by atoms with van der Waals surface area (Å²) in [6, 6.07) is 0. The minimum absolute atomic E-state index is 0.135. The molecule has 0 heterocycles. The molecule has 58 valence electrons. The van der Waals surface area contributed by atoms with E-state index in [9.17, 15) is 0 Å². The maximum atomic E-state index is 3.70. The minimum Gasteiger partial charge on any atom is -0.390 e. The number of allylic oxidation sites excluding steroid dienone is 1. The van der Waals surface area contributed by atoms with Gasteiger partial charge in [-0.2, -0.15) is 0 Å². The Labute approximate surface area is 63.0 Å². The summed E-state index contributed by atoms with van der Waals surface area (Å²) in [5.74, 6) is 0. The molecule has 0 fully saturated rings. The predicted octanol–water partition coefficient (Wildman–Crippen LogP) is 1.79. The van der Waals surface area contributed by atoms with E-state index in [1.54, 1.807) is 6.20 Å². The summed E-state index contributed by atoms with van der Waals surface area (Å²) in [5.41, 5.74) is 1.23. The third kappa shape index (κ3) is 2.67. The molecule has 0 aromatic rings. The molecule has 0 bridgehead atoms. The Hall–Kier alpha value is -0.790. The highest BCUT2D eigenvalue weighted by Crippen LogP contribution is 2.21. The molecule has 0 amide bonds. The second-order valence-corrected chi connectivity index (χ2v) is 3.23. The summed E-state index contributed by atoms with van der Waals surface area (Å²) >= 11 is 0. The molecule has 0 aliphatic carbocycles. The van der Waals surface area contributed by atoms with Gasteiger partial charge in [0.25, 0.3) is 0 Å². The highest BCUT2D eigenvalue weighted by Gasteiger charge is 2.14. The molecule has 0 saturated heterocycles. The lowest BCUT2D eigenvalue weighted by Gasteiger charge is -2.21. The predicted molar refractivity (Wildman–Crippen MR) is 46.1 cm³/mol. The first kappa shape index (κ1) is 9.21. The first-order chi connectivity index (χ1) is 4.52. The molecule has 2 nitrogen and oxygen atoms in total. The van der Waals surface area contributed by atoms with Gasteiger partial charge in [0.2, 0.25) is 0 Å². The molecular formula is C8H16N2. The van der Waals surface area contributed by atoms with E-state index in [4.69, 9.17) is 0 Å². The molecule has 0 rings (SSSR count). The molecule has 0 aromatic heterocycles. The number of hydrogen-bond acceptors (Lipinski definition) is 2. The van der Waals surface area contributed by atoms with Crippen molar-refractivity contribution in [2.75, 3.05) is 7.05 Å². The van der Waals surface area contributed by atoms with Crippen LogP contribution in [0, 0.1) is 5.41 Å². The Morgan fingerprint density at radius 1 is 1.50 bits per heavy atom. The van der Waals surface area contributed by atoms with Crippen molar-refractivity contribution < 1.29 is 0 Å². The third-order valence-electron chi connectivity index (χ3n) is 1.30. The van der Waals surface area contributed by atoms with Crippen LogP contribution >= 0.6 is 0 Å². The number of nitrogens with zero attached hydrogens (tertiary/aromatic N) is 1. The normalized spacial score (nSPS) is 13.0. The summed E-state index contributed by atoms with van der Waals surface area (Å²) in [6.07, 6.45) is 1.75. The quantitative estimate of drug-likeness (QED) is 0.581. The van der Waals surface area contributed by atoms with E-state index in [1.807, 2.05) is 7.05 Å². The Balaban J connectivity index is 4.35. The number of rotatable bonds is 2. The zero-order chi connectivity index (χ0) is 8.20. The van der Waals surface area contributed by atoms with E-state index < -0.39 is 0 Å². The molecule has 0 radical (unpaired) electrons. The van der Waals surface area contributed by atoms with E-state index in [0.717, 1.165) is 5.70 Å². The van der Waals surface area contributed by atoms with Crippen LogP contribution in [0.3, 0.4) is 0 Å². The van der Waals surface area contributed by atoms with Crippen LogP contribution in [-0.2, 0) is 0 Å². The van der Waals surface area contributed by atoms with E-state index in [2.05, 4.69) is 37.8 Å². The Kier molecular flexibility index (Phi) is 3.13.